The number of amidine groups is 1. The van der Waals surface area contributed by atoms with Crippen molar-refractivity contribution in [1.82, 2.24) is 9.88 Å². The van der Waals surface area contributed by atoms with Crippen LogP contribution in [0.4, 0.5) is 20.3 Å². The van der Waals surface area contributed by atoms with Gasteiger partial charge in [0.25, 0.3) is 0 Å². The summed E-state index contributed by atoms with van der Waals surface area (Å²) in [7, 11) is 3.68. The molecule has 0 amide bonds. The first kappa shape index (κ1) is 24.8. The van der Waals surface area contributed by atoms with E-state index in [1.54, 1.807) is 12.1 Å². The van der Waals surface area contributed by atoms with Crippen LogP contribution in [0.15, 0.2) is 59.6 Å². The second-order valence-corrected chi connectivity index (χ2v) is 7.90. The lowest BCUT2D eigenvalue weighted by molar-refractivity contribution is 0.112. The van der Waals surface area contributed by atoms with Crippen LogP contribution in [0.25, 0.3) is 11.3 Å². The zero-order valence-corrected chi connectivity index (χ0v) is 19.2. The van der Waals surface area contributed by atoms with E-state index in [-0.39, 0.29) is 11.7 Å². The third-order valence-corrected chi connectivity index (χ3v) is 5.50. The van der Waals surface area contributed by atoms with Gasteiger partial charge in [0.2, 0.25) is 0 Å². The molecular weight excluding hydrogens is 438 g/mol. The Balaban J connectivity index is 0.000000196. The van der Waals surface area contributed by atoms with Crippen LogP contribution in [0.1, 0.15) is 15.9 Å². The van der Waals surface area contributed by atoms with Crippen LogP contribution in [-0.4, -0.2) is 62.3 Å². The van der Waals surface area contributed by atoms with Crippen molar-refractivity contribution in [2.45, 2.75) is 0 Å². The highest BCUT2D eigenvalue weighted by Gasteiger charge is 2.13. The number of anilines is 2. The van der Waals surface area contributed by atoms with E-state index in [1.165, 1.54) is 24.9 Å². The van der Waals surface area contributed by atoms with Crippen molar-refractivity contribution < 1.29 is 13.6 Å². The number of benzene rings is 2. The molecule has 3 aromatic rings. The summed E-state index contributed by atoms with van der Waals surface area (Å²) in [5, 5.41) is 0. The number of carbonyl (C=O) groups is 1. The molecule has 0 radical (unpaired) electrons. The molecule has 1 aliphatic rings. The number of nitrogens with zero attached hydrogens (tertiary/aromatic N) is 4. The molecule has 0 aliphatic carbocycles. The quantitative estimate of drug-likeness (QED) is 0.348. The van der Waals surface area contributed by atoms with E-state index < -0.39 is 11.6 Å². The summed E-state index contributed by atoms with van der Waals surface area (Å²) < 4.78 is 26.3. The Morgan fingerprint density at radius 3 is 2.15 bits per heavy atom. The van der Waals surface area contributed by atoms with E-state index in [0.29, 0.717) is 16.8 Å². The van der Waals surface area contributed by atoms with E-state index in [1.807, 2.05) is 24.3 Å². The molecule has 4 N–H and O–H groups in total. The predicted octanol–water partition coefficient (Wildman–Crippen LogP) is 3.20. The van der Waals surface area contributed by atoms with E-state index >= 15 is 0 Å². The van der Waals surface area contributed by atoms with Gasteiger partial charge in [-0.2, -0.15) is 0 Å². The van der Waals surface area contributed by atoms with Crippen LogP contribution < -0.4 is 16.4 Å². The van der Waals surface area contributed by atoms with Crippen molar-refractivity contribution >= 4 is 23.6 Å². The SMILES string of the molecule is CN1CCN(c2ccc(C=O)cc2)CC1.CN=C(N)c1ccc(-c2cc(F)cc(F)c2)nc1N. The Morgan fingerprint density at radius 1 is 1.00 bits per heavy atom. The molecule has 1 aromatic heterocycles. The van der Waals surface area contributed by atoms with Gasteiger partial charge in [-0.15, -0.1) is 0 Å². The molecule has 0 bridgehead atoms. The maximum atomic E-state index is 13.1. The fourth-order valence-electron chi connectivity index (χ4n) is 3.50. The summed E-state index contributed by atoms with van der Waals surface area (Å²) in [5.41, 5.74) is 14.5. The number of likely N-dealkylation sites (N-methyl/N-ethyl adjacent to an activating group) is 1. The van der Waals surface area contributed by atoms with Crippen molar-refractivity contribution in [3.05, 3.63) is 77.4 Å². The molecule has 1 fully saturated rings. The first-order valence-corrected chi connectivity index (χ1v) is 10.7. The zero-order valence-electron chi connectivity index (χ0n) is 19.2. The minimum absolute atomic E-state index is 0.158. The van der Waals surface area contributed by atoms with E-state index in [9.17, 15) is 13.6 Å². The summed E-state index contributed by atoms with van der Waals surface area (Å²) in [6, 6.07) is 14.2. The number of pyridine rings is 1. The normalized spacial score (nSPS) is 14.4. The molecule has 34 heavy (non-hydrogen) atoms. The van der Waals surface area contributed by atoms with Gasteiger partial charge in [0.1, 0.15) is 29.6 Å². The molecule has 7 nitrogen and oxygen atoms in total. The summed E-state index contributed by atoms with van der Waals surface area (Å²) in [4.78, 5) is 23.1. The third-order valence-electron chi connectivity index (χ3n) is 5.50. The zero-order chi connectivity index (χ0) is 24.7. The Kier molecular flexibility index (Phi) is 8.26. The van der Waals surface area contributed by atoms with Gasteiger partial charge in [0, 0.05) is 56.1 Å². The Bertz CT molecular complexity index is 1140. The first-order chi connectivity index (χ1) is 16.3. The van der Waals surface area contributed by atoms with Crippen molar-refractivity contribution in [2.75, 3.05) is 50.9 Å². The number of nitrogens with two attached hydrogens (primary N) is 2. The van der Waals surface area contributed by atoms with Crippen LogP contribution in [0.5, 0.6) is 0 Å². The largest absolute Gasteiger partial charge is 0.383 e. The lowest BCUT2D eigenvalue weighted by Gasteiger charge is -2.34. The molecule has 1 aliphatic heterocycles. The lowest BCUT2D eigenvalue weighted by Crippen LogP contribution is -2.44. The monoisotopic (exact) mass is 466 g/mol. The van der Waals surface area contributed by atoms with E-state index in [2.05, 4.69) is 26.8 Å². The van der Waals surface area contributed by atoms with Crippen molar-refractivity contribution in [1.29, 1.82) is 0 Å². The summed E-state index contributed by atoms with van der Waals surface area (Å²) in [5.74, 6) is -0.935. The molecule has 2 heterocycles. The standard InChI is InChI=1S/C13H12F2N4.C12H16N2O/c1-18-12(16)10-2-3-11(19-13(10)17)7-4-8(14)6-9(15)5-7;1-13-6-8-14(9-7-13)12-4-2-11(10-15)3-5-12/h2-6H,1H3,(H2,16,18)(H2,17,19);2-5,10H,6-9H2,1H3. The topological polar surface area (TPSA) is 101 Å². The smallest absolute Gasteiger partial charge is 0.150 e. The molecule has 0 saturated carbocycles. The van der Waals surface area contributed by atoms with Crippen LogP contribution in [0, 0.1) is 11.6 Å². The van der Waals surface area contributed by atoms with Gasteiger partial charge in [-0.1, -0.05) is 0 Å². The minimum atomic E-state index is -0.672. The molecule has 9 heteroatoms. The van der Waals surface area contributed by atoms with Gasteiger partial charge in [0.05, 0.1) is 11.3 Å². The van der Waals surface area contributed by atoms with Gasteiger partial charge in [-0.3, -0.25) is 9.79 Å². The van der Waals surface area contributed by atoms with Crippen LogP contribution in [0.2, 0.25) is 0 Å². The highest BCUT2D eigenvalue weighted by atomic mass is 19.1. The lowest BCUT2D eigenvalue weighted by atomic mass is 10.1. The maximum absolute atomic E-state index is 13.1. The number of carbonyl (C=O) groups excluding carboxylic acids is 1. The van der Waals surface area contributed by atoms with Crippen molar-refractivity contribution in [3.63, 3.8) is 0 Å². The highest BCUT2D eigenvalue weighted by Crippen LogP contribution is 2.22. The van der Waals surface area contributed by atoms with Gasteiger partial charge in [-0.05, 0) is 55.6 Å². The number of hydrogen-bond donors (Lipinski definition) is 2. The number of halogens is 2. The summed E-state index contributed by atoms with van der Waals surface area (Å²) in [6.45, 7) is 4.35. The van der Waals surface area contributed by atoms with Gasteiger partial charge >= 0.3 is 0 Å². The number of aliphatic imine (C=N–C) groups is 1. The number of aromatic nitrogens is 1. The van der Waals surface area contributed by atoms with Crippen LogP contribution >= 0.6 is 0 Å². The number of aldehydes is 1. The Hall–Kier alpha value is -3.85. The molecule has 0 atom stereocenters. The van der Waals surface area contributed by atoms with Crippen LogP contribution in [0.3, 0.4) is 0 Å². The first-order valence-electron chi connectivity index (χ1n) is 10.7. The van der Waals surface area contributed by atoms with Crippen molar-refractivity contribution in [3.8, 4) is 11.3 Å². The number of nitrogen functional groups attached to an aromatic ring is 1. The molecule has 0 spiro atoms. The molecule has 1 saturated heterocycles. The second kappa shape index (κ2) is 11.3. The van der Waals surface area contributed by atoms with E-state index in [0.717, 1.165) is 44.1 Å². The number of rotatable bonds is 4. The van der Waals surface area contributed by atoms with Gasteiger partial charge in [-0.25, -0.2) is 13.8 Å². The Morgan fingerprint density at radius 2 is 1.62 bits per heavy atom. The Labute approximate surface area is 197 Å². The third kappa shape index (κ3) is 6.35. The minimum Gasteiger partial charge on any atom is -0.383 e. The van der Waals surface area contributed by atoms with Crippen LogP contribution in [-0.2, 0) is 0 Å². The molecule has 4 rings (SSSR count). The number of piperazine rings is 1. The summed E-state index contributed by atoms with van der Waals surface area (Å²) >= 11 is 0. The molecular formula is C25H28F2N6O. The van der Waals surface area contributed by atoms with Crippen molar-refractivity contribution in [2.24, 2.45) is 10.7 Å². The fourth-order valence-corrected chi connectivity index (χ4v) is 3.50. The predicted molar refractivity (Wildman–Crippen MR) is 132 cm³/mol. The second-order valence-electron chi connectivity index (χ2n) is 7.90. The average molecular weight is 467 g/mol. The average Bonchev–Trinajstić information content (AvgIpc) is 2.84. The molecule has 178 valence electrons. The van der Waals surface area contributed by atoms with Gasteiger partial charge in [0.15, 0.2) is 0 Å². The highest BCUT2D eigenvalue weighted by molar-refractivity contribution is 6.01. The fraction of sp³-hybridized carbons (Fsp3) is 0.240. The summed E-state index contributed by atoms with van der Waals surface area (Å²) in [6.07, 6.45) is 0.883. The molecule has 2 aromatic carbocycles. The number of hydrogen-bond acceptors (Lipinski definition) is 6. The van der Waals surface area contributed by atoms with Gasteiger partial charge < -0.3 is 21.3 Å². The van der Waals surface area contributed by atoms with E-state index in [4.69, 9.17) is 11.5 Å². The maximum Gasteiger partial charge on any atom is 0.150 e. The molecule has 0 unspecified atom stereocenters.